The summed E-state index contributed by atoms with van der Waals surface area (Å²) in [6.07, 6.45) is 1.03. The normalized spacial score (nSPS) is 18.7. The Balaban J connectivity index is 1.27. The maximum atomic E-state index is 13.1. The van der Waals surface area contributed by atoms with Crippen molar-refractivity contribution in [3.05, 3.63) is 36.4 Å². The Hall–Kier alpha value is -3.05. The standard InChI is InChI=1S/C21H22F5N7/c22-17(23)12-33-19-16(10-29-33)28-11-18(30-19)31-4-1-20(2-5-31)3-6-32(13-20)15-7-14(8-27-9-15)21(24,25)26/h7-11,17H,1-6,12-13H2. The van der Waals surface area contributed by atoms with E-state index in [1.807, 2.05) is 4.90 Å². The lowest BCUT2D eigenvalue weighted by Gasteiger charge is -2.39. The molecule has 2 fully saturated rings. The first kappa shape index (κ1) is 21.8. The van der Waals surface area contributed by atoms with Gasteiger partial charge < -0.3 is 9.80 Å². The highest BCUT2D eigenvalue weighted by Crippen LogP contribution is 2.43. The molecule has 0 atom stereocenters. The van der Waals surface area contributed by atoms with Crippen molar-refractivity contribution in [3.8, 4) is 0 Å². The first-order valence-electron chi connectivity index (χ1n) is 10.7. The second-order valence-electron chi connectivity index (χ2n) is 8.74. The van der Waals surface area contributed by atoms with Gasteiger partial charge in [0, 0.05) is 32.4 Å². The molecule has 2 aliphatic heterocycles. The molecule has 0 saturated carbocycles. The van der Waals surface area contributed by atoms with Crippen molar-refractivity contribution in [2.24, 2.45) is 5.41 Å². The van der Waals surface area contributed by atoms with Crippen molar-refractivity contribution in [2.75, 3.05) is 36.0 Å². The number of rotatable bonds is 4. The van der Waals surface area contributed by atoms with Gasteiger partial charge in [0.2, 0.25) is 0 Å². The van der Waals surface area contributed by atoms with E-state index < -0.39 is 24.7 Å². The number of hydrogen-bond donors (Lipinski definition) is 0. The summed E-state index contributed by atoms with van der Waals surface area (Å²) in [6, 6.07) is 1.16. The quantitative estimate of drug-likeness (QED) is 0.541. The SMILES string of the molecule is FC(F)Cn1ncc2ncc(N3CCC4(CCN(c5cncc(C(F)(F)F)c5)C4)CC3)nc21. The minimum absolute atomic E-state index is 0.0136. The lowest BCUT2D eigenvalue weighted by molar-refractivity contribution is -0.137. The molecular weight excluding hydrogens is 445 g/mol. The largest absolute Gasteiger partial charge is 0.417 e. The summed E-state index contributed by atoms with van der Waals surface area (Å²) in [4.78, 5) is 16.7. The zero-order valence-electron chi connectivity index (χ0n) is 17.6. The summed E-state index contributed by atoms with van der Waals surface area (Å²) < 4.78 is 65.9. The van der Waals surface area contributed by atoms with Crippen LogP contribution in [-0.4, -0.2) is 57.3 Å². The van der Waals surface area contributed by atoms with Crippen molar-refractivity contribution < 1.29 is 22.0 Å². The number of piperidine rings is 1. The van der Waals surface area contributed by atoms with Gasteiger partial charge in [-0.05, 0) is 30.7 Å². The van der Waals surface area contributed by atoms with Gasteiger partial charge in [0.25, 0.3) is 6.43 Å². The van der Waals surface area contributed by atoms with E-state index in [1.165, 1.54) is 17.1 Å². The van der Waals surface area contributed by atoms with Gasteiger partial charge in [0.15, 0.2) is 5.65 Å². The fourth-order valence-electron chi connectivity index (χ4n) is 4.79. The number of aromatic nitrogens is 5. The van der Waals surface area contributed by atoms with Crippen LogP contribution in [0.5, 0.6) is 0 Å². The third-order valence-corrected chi connectivity index (χ3v) is 6.65. The highest BCUT2D eigenvalue weighted by molar-refractivity contribution is 5.71. The monoisotopic (exact) mass is 467 g/mol. The van der Waals surface area contributed by atoms with Gasteiger partial charge in [-0.25, -0.2) is 23.4 Å². The molecule has 1 spiro atoms. The molecule has 0 N–H and O–H groups in total. The van der Waals surface area contributed by atoms with E-state index in [9.17, 15) is 22.0 Å². The van der Waals surface area contributed by atoms with E-state index in [2.05, 4.69) is 25.0 Å². The van der Waals surface area contributed by atoms with Gasteiger partial charge in [-0.1, -0.05) is 0 Å². The average Bonchev–Trinajstić information content (AvgIpc) is 3.38. The Morgan fingerprint density at radius 1 is 0.970 bits per heavy atom. The number of hydrogen-bond acceptors (Lipinski definition) is 6. The number of nitrogens with zero attached hydrogens (tertiary/aromatic N) is 7. The van der Waals surface area contributed by atoms with E-state index in [-0.39, 0.29) is 5.41 Å². The molecule has 0 aromatic carbocycles. The molecule has 0 radical (unpaired) electrons. The molecule has 3 aromatic rings. The Morgan fingerprint density at radius 2 is 1.70 bits per heavy atom. The zero-order chi connectivity index (χ0) is 23.2. The van der Waals surface area contributed by atoms with Crippen LogP contribution in [0.15, 0.2) is 30.9 Å². The van der Waals surface area contributed by atoms with E-state index in [0.717, 1.165) is 31.5 Å². The van der Waals surface area contributed by atoms with Gasteiger partial charge in [-0.3, -0.25) is 4.98 Å². The molecule has 3 aromatic heterocycles. The molecular formula is C21H22F5N7. The van der Waals surface area contributed by atoms with Crippen molar-refractivity contribution in [1.82, 2.24) is 24.7 Å². The number of pyridine rings is 1. The third kappa shape index (κ3) is 4.30. The van der Waals surface area contributed by atoms with Gasteiger partial charge in [0.05, 0.1) is 29.8 Å². The van der Waals surface area contributed by atoms with Crippen LogP contribution < -0.4 is 9.80 Å². The predicted octanol–water partition coefficient (Wildman–Crippen LogP) is 4.00. The number of fused-ring (bicyclic) bond motifs is 1. The van der Waals surface area contributed by atoms with Crippen LogP contribution in [0.2, 0.25) is 0 Å². The molecule has 7 nitrogen and oxygen atoms in total. The van der Waals surface area contributed by atoms with Crippen molar-refractivity contribution in [1.29, 1.82) is 0 Å². The van der Waals surface area contributed by atoms with Gasteiger partial charge in [-0.2, -0.15) is 18.3 Å². The number of anilines is 2. The van der Waals surface area contributed by atoms with Crippen LogP contribution in [0.3, 0.4) is 0 Å². The maximum Gasteiger partial charge on any atom is 0.417 e. The predicted molar refractivity (Wildman–Crippen MR) is 111 cm³/mol. The van der Waals surface area contributed by atoms with Crippen molar-refractivity contribution >= 4 is 22.7 Å². The van der Waals surface area contributed by atoms with E-state index in [4.69, 9.17) is 0 Å². The lowest BCUT2D eigenvalue weighted by Crippen LogP contribution is -2.42. The van der Waals surface area contributed by atoms with Crippen molar-refractivity contribution in [2.45, 2.75) is 38.4 Å². The average molecular weight is 467 g/mol. The molecule has 0 bridgehead atoms. The summed E-state index contributed by atoms with van der Waals surface area (Å²) >= 11 is 0. The summed E-state index contributed by atoms with van der Waals surface area (Å²) in [7, 11) is 0. The molecule has 5 rings (SSSR count). The van der Waals surface area contributed by atoms with Crippen LogP contribution in [0.1, 0.15) is 24.8 Å². The molecule has 0 aliphatic carbocycles. The van der Waals surface area contributed by atoms with E-state index in [0.29, 0.717) is 48.8 Å². The second-order valence-corrected chi connectivity index (χ2v) is 8.74. The van der Waals surface area contributed by atoms with Crippen molar-refractivity contribution in [3.63, 3.8) is 0 Å². The minimum Gasteiger partial charge on any atom is -0.370 e. The van der Waals surface area contributed by atoms with Crippen LogP contribution in [0, 0.1) is 5.41 Å². The van der Waals surface area contributed by atoms with E-state index in [1.54, 1.807) is 6.20 Å². The molecule has 33 heavy (non-hydrogen) atoms. The molecule has 12 heteroatoms. The molecule has 2 saturated heterocycles. The second kappa shape index (κ2) is 8.07. The smallest absolute Gasteiger partial charge is 0.370 e. The summed E-state index contributed by atoms with van der Waals surface area (Å²) in [5.41, 5.74) is 0.564. The summed E-state index contributed by atoms with van der Waals surface area (Å²) in [5.74, 6) is 0.616. The maximum absolute atomic E-state index is 13.1. The van der Waals surface area contributed by atoms with Gasteiger partial charge in [-0.15, -0.1) is 0 Å². The van der Waals surface area contributed by atoms with Gasteiger partial charge >= 0.3 is 6.18 Å². The highest BCUT2D eigenvalue weighted by Gasteiger charge is 2.41. The first-order chi connectivity index (χ1) is 15.7. The first-order valence-corrected chi connectivity index (χ1v) is 10.7. The van der Waals surface area contributed by atoms with E-state index >= 15 is 0 Å². The molecule has 0 amide bonds. The van der Waals surface area contributed by atoms with Crippen LogP contribution in [0.25, 0.3) is 11.2 Å². The molecule has 2 aliphatic rings. The molecule has 5 heterocycles. The Bertz CT molecular complexity index is 1140. The lowest BCUT2D eigenvalue weighted by atomic mass is 9.78. The Morgan fingerprint density at radius 3 is 2.39 bits per heavy atom. The Labute approximate surface area is 186 Å². The third-order valence-electron chi connectivity index (χ3n) is 6.65. The highest BCUT2D eigenvalue weighted by atomic mass is 19.4. The van der Waals surface area contributed by atoms with Crippen LogP contribution >= 0.6 is 0 Å². The molecule has 0 unspecified atom stereocenters. The summed E-state index contributed by atoms with van der Waals surface area (Å²) in [5, 5.41) is 3.95. The number of halogens is 5. The fourth-order valence-corrected chi connectivity index (χ4v) is 4.79. The fraction of sp³-hybridized carbons (Fsp3) is 0.524. The zero-order valence-corrected chi connectivity index (χ0v) is 17.6. The Kier molecular flexibility index (Phi) is 5.32. The molecule has 176 valence electrons. The van der Waals surface area contributed by atoms with Crippen LogP contribution in [0.4, 0.5) is 33.5 Å². The van der Waals surface area contributed by atoms with Crippen LogP contribution in [-0.2, 0) is 12.7 Å². The van der Waals surface area contributed by atoms with Gasteiger partial charge in [0.1, 0.15) is 17.9 Å². The summed E-state index contributed by atoms with van der Waals surface area (Å²) in [6.45, 7) is 2.23. The minimum atomic E-state index is -4.42. The number of alkyl halides is 5. The topological polar surface area (TPSA) is 63.0 Å².